The Balaban J connectivity index is 2.09. The maximum absolute atomic E-state index is 12.5. The first kappa shape index (κ1) is 15.2. The monoisotopic (exact) mass is 329 g/mol. The highest BCUT2D eigenvalue weighted by atomic mass is 32.2. The van der Waals surface area contributed by atoms with Gasteiger partial charge in [-0.15, -0.1) is 5.10 Å². The van der Waals surface area contributed by atoms with Gasteiger partial charge in [0.15, 0.2) is 5.82 Å². The van der Waals surface area contributed by atoms with Crippen LogP contribution >= 0.6 is 0 Å². The van der Waals surface area contributed by atoms with Gasteiger partial charge in [0, 0.05) is 5.56 Å². The molecule has 0 unspecified atom stereocenters. The lowest BCUT2D eigenvalue weighted by Crippen LogP contribution is -2.26. The van der Waals surface area contributed by atoms with Gasteiger partial charge in [0.25, 0.3) is 10.0 Å². The van der Waals surface area contributed by atoms with E-state index in [9.17, 15) is 13.2 Å². The molecule has 0 radical (unpaired) electrons. The molecule has 1 aromatic heterocycles. The Labute approximate surface area is 133 Å². The minimum atomic E-state index is -4.02. The molecule has 3 aromatic rings. The minimum Gasteiger partial charge on any atom is -0.288 e. The van der Waals surface area contributed by atoms with Crippen LogP contribution in [0.4, 0.5) is 0 Å². The van der Waals surface area contributed by atoms with Crippen LogP contribution in [0.2, 0.25) is 0 Å². The molecule has 0 amide bonds. The number of hydrogen-bond donors (Lipinski definition) is 1. The normalized spacial score (nSPS) is 11.6. The van der Waals surface area contributed by atoms with E-state index in [4.69, 9.17) is 0 Å². The lowest BCUT2D eigenvalue weighted by molar-refractivity contribution is 0.577. The fraction of sp³-hybridized carbons (Fsp3) is 0.125. The van der Waals surface area contributed by atoms with Gasteiger partial charge in [-0.3, -0.25) is 4.98 Å². The molecule has 0 atom stereocenters. The minimum absolute atomic E-state index is 0.0205. The standard InChI is InChI=1S/C16H15N3O3S/c1-11-3-7-13(8-4-11)15-17-16(20)19(18-15)23(21,22)14-9-5-12(2)6-10-14/h3-10H,1-2H3,(H,17,18,20). The van der Waals surface area contributed by atoms with Gasteiger partial charge in [0.05, 0.1) is 4.90 Å². The van der Waals surface area contributed by atoms with Crippen LogP contribution in [0.25, 0.3) is 11.4 Å². The van der Waals surface area contributed by atoms with E-state index in [0.29, 0.717) is 9.65 Å². The number of benzene rings is 2. The fourth-order valence-electron chi connectivity index (χ4n) is 2.12. The summed E-state index contributed by atoms with van der Waals surface area (Å²) < 4.78 is 25.6. The Morgan fingerprint density at radius 2 is 1.43 bits per heavy atom. The SMILES string of the molecule is Cc1ccc(-c2nn(S(=O)(=O)c3ccc(C)cc3)c(=O)[nH]2)cc1. The lowest BCUT2D eigenvalue weighted by atomic mass is 10.1. The number of nitrogens with zero attached hydrogens (tertiary/aromatic N) is 2. The fourth-order valence-corrected chi connectivity index (χ4v) is 3.26. The van der Waals surface area contributed by atoms with Crippen molar-refractivity contribution in [3.05, 3.63) is 70.1 Å². The van der Waals surface area contributed by atoms with Crippen molar-refractivity contribution in [2.75, 3.05) is 0 Å². The summed E-state index contributed by atoms with van der Waals surface area (Å²) in [6.07, 6.45) is 0. The number of nitrogens with one attached hydrogen (secondary N) is 1. The highest BCUT2D eigenvalue weighted by Crippen LogP contribution is 2.16. The van der Waals surface area contributed by atoms with Gasteiger partial charge in [-0.2, -0.15) is 8.42 Å². The third-order valence-corrected chi connectivity index (χ3v) is 5.03. The summed E-state index contributed by atoms with van der Waals surface area (Å²) in [5.41, 5.74) is 1.84. The van der Waals surface area contributed by atoms with Crippen LogP contribution < -0.4 is 5.69 Å². The third-order valence-electron chi connectivity index (χ3n) is 3.46. The smallest absolute Gasteiger partial charge is 0.288 e. The molecule has 1 heterocycles. The predicted octanol–water partition coefficient (Wildman–Crippen LogP) is 2.09. The molecule has 3 rings (SSSR count). The second-order valence-corrected chi connectivity index (χ2v) is 7.07. The Bertz CT molecular complexity index is 998. The van der Waals surface area contributed by atoms with Gasteiger partial charge >= 0.3 is 5.69 Å². The highest BCUT2D eigenvalue weighted by Gasteiger charge is 2.22. The van der Waals surface area contributed by atoms with E-state index < -0.39 is 15.7 Å². The van der Waals surface area contributed by atoms with Gasteiger partial charge in [-0.25, -0.2) is 4.79 Å². The summed E-state index contributed by atoms with van der Waals surface area (Å²) in [5.74, 6) is 0.214. The van der Waals surface area contributed by atoms with Crippen molar-refractivity contribution in [3.63, 3.8) is 0 Å². The van der Waals surface area contributed by atoms with Crippen LogP contribution in [0.5, 0.6) is 0 Å². The molecule has 0 aliphatic rings. The van der Waals surface area contributed by atoms with E-state index in [2.05, 4.69) is 10.1 Å². The Morgan fingerprint density at radius 1 is 0.913 bits per heavy atom. The Kier molecular flexibility index (Phi) is 3.65. The van der Waals surface area contributed by atoms with E-state index in [1.54, 1.807) is 24.3 Å². The quantitative estimate of drug-likeness (QED) is 0.797. The van der Waals surface area contributed by atoms with Gasteiger partial charge in [0.2, 0.25) is 0 Å². The summed E-state index contributed by atoms with van der Waals surface area (Å²) in [4.78, 5) is 14.5. The van der Waals surface area contributed by atoms with Crippen molar-refractivity contribution in [1.29, 1.82) is 0 Å². The topological polar surface area (TPSA) is 84.8 Å². The zero-order chi connectivity index (χ0) is 16.6. The first-order valence-corrected chi connectivity index (χ1v) is 8.40. The van der Waals surface area contributed by atoms with Crippen molar-refractivity contribution in [3.8, 4) is 11.4 Å². The second kappa shape index (κ2) is 5.51. The molecule has 0 aliphatic heterocycles. The van der Waals surface area contributed by atoms with Crippen molar-refractivity contribution in [2.24, 2.45) is 0 Å². The molecule has 2 aromatic carbocycles. The maximum Gasteiger partial charge on any atom is 0.358 e. The average Bonchev–Trinajstić information content (AvgIpc) is 2.91. The Hall–Kier alpha value is -2.67. The van der Waals surface area contributed by atoms with E-state index in [0.717, 1.165) is 11.1 Å². The van der Waals surface area contributed by atoms with Crippen LogP contribution in [-0.4, -0.2) is 22.6 Å². The third kappa shape index (κ3) is 2.83. The largest absolute Gasteiger partial charge is 0.358 e. The first-order chi connectivity index (χ1) is 10.9. The lowest BCUT2D eigenvalue weighted by Gasteiger charge is -2.03. The second-order valence-electron chi connectivity index (χ2n) is 5.31. The Morgan fingerprint density at radius 3 is 2.00 bits per heavy atom. The van der Waals surface area contributed by atoms with Crippen LogP contribution in [0.1, 0.15) is 11.1 Å². The van der Waals surface area contributed by atoms with Crippen molar-refractivity contribution in [2.45, 2.75) is 18.7 Å². The van der Waals surface area contributed by atoms with Crippen LogP contribution in [0.3, 0.4) is 0 Å². The van der Waals surface area contributed by atoms with Crippen molar-refractivity contribution >= 4 is 10.0 Å². The number of rotatable bonds is 3. The number of hydrogen-bond acceptors (Lipinski definition) is 4. The predicted molar refractivity (Wildman–Crippen MR) is 86.8 cm³/mol. The molecule has 0 saturated heterocycles. The van der Waals surface area contributed by atoms with Gasteiger partial charge in [-0.05, 0) is 26.0 Å². The highest BCUT2D eigenvalue weighted by molar-refractivity contribution is 7.89. The molecule has 118 valence electrons. The summed E-state index contributed by atoms with van der Waals surface area (Å²) in [6.45, 7) is 3.79. The summed E-state index contributed by atoms with van der Waals surface area (Å²) in [5, 5.41) is 3.94. The molecule has 0 spiro atoms. The number of aromatic amines is 1. The molecule has 0 fully saturated rings. The first-order valence-electron chi connectivity index (χ1n) is 6.96. The molecule has 0 saturated carbocycles. The van der Waals surface area contributed by atoms with E-state index in [-0.39, 0.29) is 10.7 Å². The zero-order valence-electron chi connectivity index (χ0n) is 12.6. The summed E-state index contributed by atoms with van der Waals surface area (Å²) in [6, 6.07) is 13.5. The van der Waals surface area contributed by atoms with Crippen LogP contribution in [0, 0.1) is 13.8 Å². The number of aryl methyl sites for hydroxylation is 2. The summed E-state index contributed by atoms with van der Waals surface area (Å²) in [7, 11) is -4.02. The molecule has 6 nitrogen and oxygen atoms in total. The molecule has 7 heteroatoms. The van der Waals surface area contributed by atoms with E-state index in [1.807, 2.05) is 26.0 Å². The molecule has 1 N–H and O–H groups in total. The molecule has 23 heavy (non-hydrogen) atoms. The van der Waals surface area contributed by atoms with Gasteiger partial charge < -0.3 is 0 Å². The molecular formula is C16H15N3O3S. The number of H-pyrrole nitrogens is 1. The van der Waals surface area contributed by atoms with Crippen molar-refractivity contribution < 1.29 is 8.42 Å². The molecule has 0 aliphatic carbocycles. The number of aromatic nitrogens is 3. The van der Waals surface area contributed by atoms with Gasteiger partial charge in [-0.1, -0.05) is 51.6 Å². The van der Waals surface area contributed by atoms with E-state index >= 15 is 0 Å². The van der Waals surface area contributed by atoms with E-state index in [1.165, 1.54) is 12.1 Å². The molecule has 0 bridgehead atoms. The van der Waals surface area contributed by atoms with Crippen LogP contribution in [0.15, 0.2) is 58.2 Å². The summed E-state index contributed by atoms with van der Waals surface area (Å²) >= 11 is 0. The van der Waals surface area contributed by atoms with Crippen molar-refractivity contribution in [1.82, 2.24) is 14.2 Å². The molecular weight excluding hydrogens is 314 g/mol. The average molecular weight is 329 g/mol. The maximum atomic E-state index is 12.5. The van der Waals surface area contributed by atoms with Gasteiger partial charge in [0.1, 0.15) is 0 Å². The zero-order valence-corrected chi connectivity index (χ0v) is 13.5. The van der Waals surface area contributed by atoms with Crippen LogP contribution in [-0.2, 0) is 10.0 Å².